The molecule has 33 heavy (non-hydrogen) atoms. The molecule has 5 rings (SSSR count). The fraction of sp³-hybridized carbons (Fsp3) is 0.200. The molecule has 4 heterocycles. The highest BCUT2D eigenvalue weighted by molar-refractivity contribution is 7.13. The number of fused-ring (bicyclic) bond motifs is 1. The van der Waals surface area contributed by atoms with Crippen LogP contribution in [0.4, 0.5) is 0 Å². The van der Waals surface area contributed by atoms with Crippen molar-refractivity contribution in [2.45, 2.75) is 25.9 Å². The first-order valence-electron chi connectivity index (χ1n) is 10.8. The number of aromatic nitrogens is 5. The Kier molecular flexibility index (Phi) is 5.51. The maximum atomic E-state index is 13.7. The Balaban J connectivity index is 1.62. The number of hydrogen-bond donors (Lipinski definition) is 1. The average molecular weight is 457 g/mol. The Labute approximate surface area is 195 Å². The molecule has 1 atom stereocenters. The number of benzene rings is 1. The lowest BCUT2D eigenvalue weighted by molar-refractivity contribution is 0.0942. The van der Waals surface area contributed by atoms with Gasteiger partial charge >= 0.3 is 0 Å². The summed E-state index contributed by atoms with van der Waals surface area (Å²) in [7, 11) is 1.93. The number of nitrogens with zero attached hydrogens (tertiary/aromatic N) is 5. The molecule has 0 radical (unpaired) electrons. The van der Waals surface area contributed by atoms with Gasteiger partial charge in [0.2, 0.25) is 0 Å². The molecule has 1 unspecified atom stereocenters. The second-order valence-electron chi connectivity index (χ2n) is 8.17. The van der Waals surface area contributed by atoms with Gasteiger partial charge in [0.05, 0.1) is 27.7 Å². The maximum Gasteiger partial charge on any atom is 0.253 e. The number of carbonyl (C=O) groups excluding carboxylic acids is 1. The molecule has 0 spiro atoms. The number of nitrogens with one attached hydrogen (secondary N) is 1. The highest BCUT2D eigenvalue weighted by Gasteiger charge is 2.24. The number of carbonyl (C=O) groups is 1. The number of amides is 1. The van der Waals surface area contributed by atoms with Crippen LogP contribution in [0.25, 0.3) is 21.6 Å². The van der Waals surface area contributed by atoms with E-state index in [0.717, 1.165) is 27.3 Å². The molecule has 1 aromatic carbocycles. The first kappa shape index (κ1) is 21.1. The van der Waals surface area contributed by atoms with Crippen LogP contribution in [0.5, 0.6) is 0 Å². The van der Waals surface area contributed by atoms with Crippen molar-refractivity contribution in [1.29, 1.82) is 0 Å². The molecule has 4 aromatic heterocycles. The quantitative estimate of drug-likeness (QED) is 0.390. The van der Waals surface area contributed by atoms with E-state index in [1.165, 1.54) is 0 Å². The van der Waals surface area contributed by atoms with E-state index in [1.807, 2.05) is 76.4 Å². The summed E-state index contributed by atoms with van der Waals surface area (Å²) in [5, 5.41) is 10.5. The van der Waals surface area contributed by atoms with Crippen LogP contribution in [0, 0.1) is 0 Å². The number of thiophene rings is 1. The Morgan fingerprint density at radius 3 is 2.61 bits per heavy atom. The fourth-order valence-electron chi connectivity index (χ4n) is 3.94. The van der Waals surface area contributed by atoms with Gasteiger partial charge in [0, 0.05) is 25.5 Å². The fourth-order valence-corrected chi connectivity index (χ4v) is 4.63. The Hall–Kier alpha value is -3.78. The van der Waals surface area contributed by atoms with Gasteiger partial charge in [-0.05, 0) is 36.9 Å². The van der Waals surface area contributed by atoms with Gasteiger partial charge in [-0.15, -0.1) is 11.3 Å². The minimum atomic E-state index is -0.396. The van der Waals surface area contributed by atoms with Gasteiger partial charge in [-0.1, -0.05) is 36.4 Å². The topological polar surface area (TPSA) is 77.6 Å². The first-order chi connectivity index (χ1) is 16.0. The van der Waals surface area contributed by atoms with Crippen LogP contribution in [0.15, 0.2) is 72.5 Å². The zero-order valence-corrected chi connectivity index (χ0v) is 19.5. The third-order valence-electron chi connectivity index (χ3n) is 5.60. The molecular formula is C25H24N6OS. The largest absolute Gasteiger partial charge is 0.338 e. The zero-order valence-electron chi connectivity index (χ0n) is 18.6. The molecule has 8 heteroatoms. The van der Waals surface area contributed by atoms with Crippen molar-refractivity contribution < 1.29 is 4.79 Å². The summed E-state index contributed by atoms with van der Waals surface area (Å²) < 4.78 is 3.78. The molecule has 0 aliphatic rings. The Morgan fingerprint density at radius 2 is 1.94 bits per heavy atom. The number of rotatable bonds is 6. The number of hydrogen-bond acceptors (Lipinski definition) is 5. The van der Waals surface area contributed by atoms with E-state index in [2.05, 4.69) is 29.2 Å². The number of pyridine rings is 1. The van der Waals surface area contributed by atoms with Crippen LogP contribution in [0.3, 0.4) is 0 Å². The van der Waals surface area contributed by atoms with E-state index in [4.69, 9.17) is 4.98 Å². The van der Waals surface area contributed by atoms with E-state index in [0.29, 0.717) is 11.2 Å². The molecule has 0 saturated heterocycles. The van der Waals surface area contributed by atoms with Crippen LogP contribution in [-0.2, 0) is 7.05 Å². The molecule has 0 aliphatic heterocycles. The Morgan fingerprint density at radius 1 is 1.12 bits per heavy atom. The van der Waals surface area contributed by atoms with E-state index in [1.54, 1.807) is 23.7 Å². The van der Waals surface area contributed by atoms with Crippen molar-refractivity contribution >= 4 is 28.3 Å². The minimum Gasteiger partial charge on any atom is -0.338 e. The third-order valence-corrected chi connectivity index (χ3v) is 6.49. The smallest absolute Gasteiger partial charge is 0.253 e. The van der Waals surface area contributed by atoms with Crippen LogP contribution in [-0.4, -0.2) is 30.2 Å². The molecule has 7 nitrogen and oxygen atoms in total. The summed E-state index contributed by atoms with van der Waals surface area (Å²) in [6.45, 7) is 4.11. The molecule has 0 aliphatic carbocycles. The van der Waals surface area contributed by atoms with Crippen LogP contribution >= 0.6 is 11.3 Å². The first-order valence-corrected chi connectivity index (χ1v) is 11.7. The van der Waals surface area contributed by atoms with E-state index >= 15 is 0 Å². The SMILES string of the molecule is CC(C)n1ncc2c(C(=O)NC(c3ccccc3)c3nccn3C)cc(-c3cccs3)nc21. The van der Waals surface area contributed by atoms with Gasteiger partial charge in [0.1, 0.15) is 11.9 Å². The highest BCUT2D eigenvalue weighted by Crippen LogP contribution is 2.30. The molecule has 0 bridgehead atoms. The van der Waals surface area contributed by atoms with Gasteiger partial charge in [-0.3, -0.25) is 4.79 Å². The summed E-state index contributed by atoms with van der Waals surface area (Å²) in [6, 6.07) is 15.5. The molecule has 1 amide bonds. The molecule has 166 valence electrons. The van der Waals surface area contributed by atoms with Crippen molar-refractivity contribution in [1.82, 2.24) is 29.6 Å². The second kappa shape index (κ2) is 8.63. The van der Waals surface area contributed by atoms with Crippen molar-refractivity contribution in [2.75, 3.05) is 0 Å². The second-order valence-corrected chi connectivity index (χ2v) is 9.11. The molecule has 1 N–H and O–H groups in total. The van der Waals surface area contributed by atoms with Gasteiger partial charge in [0.25, 0.3) is 5.91 Å². The molecule has 0 fully saturated rings. The number of imidazole rings is 1. The predicted molar refractivity (Wildman–Crippen MR) is 130 cm³/mol. The summed E-state index contributed by atoms with van der Waals surface area (Å²) in [5.41, 5.74) is 2.97. The molecular weight excluding hydrogens is 432 g/mol. The van der Waals surface area contributed by atoms with Gasteiger partial charge in [-0.2, -0.15) is 5.10 Å². The van der Waals surface area contributed by atoms with Gasteiger partial charge in [-0.25, -0.2) is 14.6 Å². The lowest BCUT2D eigenvalue weighted by atomic mass is 10.0. The molecule has 5 aromatic rings. The van der Waals surface area contributed by atoms with Crippen LogP contribution in [0.1, 0.15) is 47.7 Å². The van der Waals surface area contributed by atoms with Crippen LogP contribution in [0.2, 0.25) is 0 Å². The van der Waals surface area contributed by atoms with Crippen molar-refractivity contribution in [3.63, 3.8) is 0 Å². The van der Waals surface area contributed by atoms with Gasteiger partial charge in [0.15, 0.2) is 5.65 Å². The normalized spacial score (nSPS) is 12.4. The van der Waals surface area contributed by atoms with Gasteiger partial charge < -0.3 is 9.88 Å². The van der Waals surface area contributed by atoms with Crippen molar-refractivity contribution in [3.8, 4) is 10.6 Å². The average Bonchev–Trinajstić information content (AvgIpc) is 3.58. The lowest BCUT2D eigenvalue weighted by Gasteiger charge is -2.19. The summed E-state index contributed by atoms with van der Waals surface area (Å²) in [5.74, 6) is 0.566. The highest BCUT2D eigenvalue weighted by atomic mass is 32.1. The Bertz CT molecular complexity index is 1400. The van der Waals surface area contributed by atoms with Crippen molar-refractivity contribution in [2.24, 2.45) is 7.05 Å². The zero-order chi connectivity index (χ0) is 22.9. The maximum absolute atomic E-state index is 13.7. The van der Waals surface area contributed by atoms with E-state index < -0.39 is 6.04 Å². The summed E-state index contributed by atoms with van der Waals surface area (Å²) >= 11 is 1.60. The summed E-state index contributed by atoms with van der Waals surface area (Å²) in [4.78, 5) is 24.1. The number of aryl methyl sites for hydroxylation is 1. The monoisotopic (exact) mass is 456 g/mol. The minimum absolute atomic E-state index is 0.120. The van der Waals surface area contributed by atoms with Crippen LogP contribution < -0.4 is 5.32 Å². The van der Waals surface area contributed by atoms with Crippen molar-refractivity contribution in [3.05, 3.63) is 89.5 Å². The summed E-state index contributed by atoms with van der Waals surface area (Å²) in [6.07, 6.45) is 5.35. The van der Waals surface area contributed by atoms with E-state index in [-0.39, 0.29) is 11.9 Å². The van der Waals surface area contributed by atoms with E-state index in [9.17, 15) is 4.79 Å². The lowest BCUT2D eigenvalue weighted by Crippen LogP contribution is -2.31. The molecule has 0 saturated carbocycles. The predicted octanol–water partition coefficient (Wildman–Crippen LogP) is 4.99. The third kappa shape index (κ3) is 3.93. The standard InChI is InChI=1S/C25H24N6OS/c1-16(2)31-23-19(15-27-31)18(14-20(28-23)21-10-7-13-33-21)25(32)29-22(17-8-5-4-6-9-17)24-26-11-12-30(24)3/h4-16,22H,1-3H3,(H,29,32).